The summed E-state index contributed by atoms with van der Waals surface area (Å²) in [7, 11) is 2.75. The zero-order valence-corrected chi connectivity index (χ0v) is 39.9. The monoisotopic (exact) mass is 1020 g/mol. The highest BCUT2D eigenvalue weighted by Crippen LogP contribution is 2.15. The lowest BCUT2D eigenvalue weighted by Crippen LogP contribution is -2.05. The molecule has 20 heteroatoms. The molecule has 358 valence electrons. The zero-order valence-electron chi connectivity index (χ0n) is 36.7. The topological polar surface area (TPSA) is 286 Å². The van der Waals surface area contributed by atoms with Gasteiger partial charge in [-0.15, -0.1) is 0 Å². The Kier molecular flexibility index (Phi) is 33.9. The lowest BCUT2D eigenvalue weighted by atomic mass is 10.1. The van der Waals surface area contributed by atoms with Crippen LogP contribution in [0.5, 0.6) is 0 Å². The first kappa shape index (κ1) is 60.4. The second-order valence-corrected chi connectivity index (χ2v) is 16.1. The molecule has 5 aromatic rings. The fraction of sp³-hybridized carbons (Fsp3) is 0.298. The molecule has 0 heterocycles. The van der Waals surface area contributed by atoms with Gasteiger partial charge in [-0.2, -0.15) is 15.8 Å². The van der Waals surface area contributed by atoms with Gasteiger partial charge in [0.15, 0.2) is 0 Å². The van der Waals surface area contributed by atoms with Crippen LogP contribution in [-0.4, -0.2) is 44.4 Å². The summed E-state index contributed by atoms with van der Waals surface area (Å²) in [6.45, 7) is 0.702. The van der Waals surface area contributed by atoms with Gasteiger partial charge >= 0.3 is 0 Å². The standard InChI is InChI=1S/C10H16N2O2S.C10H12N2O2S.C9H8N2O2.C9H10N2.C8H8BrNO2.CH4/c2*1-14-15(13)12-10-6-4-9(5-7-10)3-2-8-11;10-7-1-2-8-3-5-9(6-4-8)11(12)13;10-7-1-2-8-3-5-9(11)6-4-8;9-6-5-7-1-3-8(4-2-7)10(11)12;/h4-7,12H,2-3,8,11H2,1H3;4-7,12H,2-3H2,1H3;3-6H,1-2H2;3-6H,1-2,11H2;1-4H,5-6H2;1H4. The van der Waals surface area contributed by atoms with Gasteiger partial charge in [-0.3, -0.25) is 38.0 Å². The first-order chi connectivity index (χ1) is 31.8. The summed E-state index contributed by atoms with van der Waals surface area (Å²) in [5.74, 6) is 0. The summed E-state index contributed by atoms with van der Waals surface area (Å²) >= 11 is 0.347. The van der Waals surface area contributed by atoms with E-state index in [0.717, 1.165) is 71.2 Å². The van der Waals surface area contributed by atoms with Crippen molar-refractivity contribution in [3.8, 4) is 18.2 Å². The summed E-state index contributed by atoms with van der Waals surface area (Å²) in [6, 6.07) is 41.8. The number of nitrogens with zero attached hydrogens (tertiary/aromatic N) is 5. The smallest absolute Gasteiger partial charge is 0.269 e. The van der Waals surface area contributed by atoms with Crippen LogP contribution < -0.4 is 20.9 Å². The van der Waals surface area contributed by atoms with E-state index in [0.29, 0.717) is 32.2 Å². The molecule has 0 saturated carbocycles. The predicted octanol–water partition coefficient (Wildman–Crippen LogP) is 9.94. The number of nitrogens with two attached hydrogens (primary N) is 2. The first-order valence-electron chi connectivity index (χ1n) is 20.1. The number of hydrogen-bond donors (Lipinski definition) is 4. The molecule has 0 fully saturated rings. The number of nitrogen functional groups attached to an aromatic ring is 1. The van der Waals surface area contributed by atoms with Gasteiger partial charge in [-0.05, 0) is 109 Å². The summed E-state index contributed by atoms with van der Waals surface area (Å²) in [5.41, 5.74) is 19.0. The number of halogens is 1. The van der Waals surface area contributed by atoms with Crippen LogP contribution in [-0.2, 0) is 63.0 Å². The fourth-order valence-corrected chi connectivity index (χ4v) is 6.31. The van der Waals surface area contributed by atoms with Gasteiger partial charge in [0, 0.05) is 65.9 Å². The Balaban J connectivity index is 0.000000813. The Morgan fingerprint density at radius 2 is 0.866 bits per heavy atom. The number of nitro benzene ring substituents is 2. The van der Waals surface area contributed by atoms with Crippen LogP contribution in [0.4, 0.5) is 28.4 Å². The number of non-ortho nitro benzene ring substituents is 2. The highest BCUT2D eigenvalue weighted by atomic mass is 79.9. The van der Waals surface area contributed by atoms with Gasteiger partial charge in [-0.1, -0.05) is 84.0 Å². The number of nitro groups is 2. The Bertz CT molecular complexity index is 2320. The molecule has 0 saturated heterocycles. The number of hydrogen-bond acceptors (Lipinski definition) is 13. The number of rotatable bonds is 19. The molecule has 0 spiro atoms. The van der Waals surface area contributed by atoms with E-state index < -0.39 is 32.4 Å². The maximum Gasteiger partial charge on any atom is 0.269 e. The van der Waals surface area contributed by atoms with E-state index in [-0.39, 0.29) is 18.8 Å². The molecular weight excluding hydrogens is 963 g/mol. The van der Waals surface area contributed by atoms with Crippen molar-refractivity contribution >= 4 is 66.9 Å². The van der Waals surface area contributed by atoms with E-state index in [1.165, 1.54) is 49.6 Å². The van der Waals surface area contributed by atoms with Crippen molar-refractivity contribution in [3.63, 3.8) is 0 Å². The van der Waals surface area contributed by atoms with Crippen LogP contribution in [0, 0.1) is 54.2 Å². The average molecular weight is 1020 g/mol. The van der Waals surface area contributed by atoms with Gasteiger partial charge in [0.05, 0.1) is 42.3 Å². The Morgan fingerprint density at radius 3 is 1.15 bits per heavy atom. The zero-order chi connectivity index (χ0) is 49.0. The molecule has 0 amide bonds. The van der Waals surface area contributed by atoms with Crippen molar-refractivity contribution in [2.24, 2.45) is 5.73 Å². The molecule has 0 aliphatic heterocycles. The van der Waals surface area contributed by atoms with E-state index in [2.05, 4.69) is 45.9 Å². The van der Waals surface area contributed by atoms with E-state index in [4.69, 9.17) is 27.3 Å². The van der Waals surface area contributed by atoms with Crippen LogP contribution in [0.2, 0.25) is 0 Å². The quantitative estimate of drug-likeness (QED) is 0.0259. The number of nitriles is 3. The minimum absolute atomic E-state index is 0. The molecule has 0 radical (unpaired) electrons. The van der Waals surface area contributed by atoms with Crippen molar-refractivity contribution in [2.75, 3.05) is 41.3 Å². The fourth-order valence-electron chi connectivity index (χ4n) is 5.02. The number of alkyl halides is 1. The number of nitrogens with one attached hydrogen (secondary N) is 2. The summed E-state index contributed by atoms with van der Waals surface area (Å²) in [4.78, 5) is 19.7. The van der Waals surface area contributed by atoms with Gasteiger partial charge < -0.3 is 11.5 Å². The molecule has 2 unspecified atom stereocenters. The lowest BCUT2D eigenvalue weighted by molar-refractivity contribution is -0.385. The van der Waals surface area contributed by atoms with Crippen LogP contribution >= 0.6 is 15.9 Å². The van der Waals surface area contributed by atoms with E-state index >= 15 is 0 Å². The highest BCUT2D eigenvalue weighted by molar-refractivity contribution is 9.09. The third-order valence-electron chi connectivity index (χ3n) is 8.52. The molecule has 0 bridgehead atoms. The molecule has 0 aliphatic rings. The van der Waals surface area contributed by atoms with Gasteiger partial charge in [0.2, 0.25) is 0 Å². The minimum Gasteiger partial charge on any atom is -0.399 e. The third kappa shape index (κ3) is 28.8. The van der Waals surface area contributed by atoms with Crippen LogP contribution in [0.25, 0.3) is 0 Å². The summed E-state index contributed by atoms with van der Waals surface area (Å²) in [5, 5.41) is 46.5. The predicted molar refractivity (Wildman–Crippen MR) is 271 cm³/mol. The van der Waals surface area contributed by atoms with Crippen molar-refractivity contribution in [1.29, 1.82) is 15.8 Å². The summed E-state index contributed by atoms with van der Waals surface area (Å²) < 4.78 is 36.5. The normalized spacial score (nSPS) is 10.4. The van der Waals surface area contributed by atoms with Crippen LogP contribution in [0.3, 0.4) is 0 Å². The largest absolute Gasteiger partial charge is 0.399 e. The lowest BCUT2D eigenvalue weighted by Gasteiger charge is -2.04. The maximum atomic E-state index is 11.0. The molecule has 67 heavy (non-hydrogen) atoms. The van der Waals surface area contributed by atoms with Gasteiger partial charge in [0.25, 0.3) is 33.9 Å². The third-order valence-corrected chi connectivity index (χ3v) is 10.3. The van der Waals surface area contributed by atoms with Crippen molar-refractivity contribution in [3.05, 3.63) is 169 Å². The van der Waals surface area contributed by atoms with E-state index in [9.17, 15) is 28.6 Å². The van der Waals surface area contributed by atoms with Crippen molar-refractivity contribution in [2.45, 2.75) is 65.2 Å². The molecular formula is C47H58BrN9O8S2. The minimum atomic E-state index is -1.49. The summed E-state index contributed by atoms with van der Waals surface area (Å²) in [6.07, 6.45) is 6.59. The first-order valence-corrected chi connectivity index (χ1v) is 23.4. The molecule has 5 rings (SSSR count). The molecule has 2 atom stereocenters. The van der Waals surface area contributed by atoms with Crippen LogP contribution in [0.15, 0.2) is 121 Å². The molecule has 0 aromatic heterocycles. The number of anilines is 3. The van der Waals surface area contributed by atoms with Crippen LogP contribution in [0.1, 0.15) is 60.9 Å². The number of benzene rings is 5. The average Bonchev–Trinajstić information content (AvgIpc) is 3.34. The molecule has 6 N–H and O–H groups in total. The Hall–Kier alpha value is -6.57. The van der Waals surface area contributed by atoms with Gasteiger partial charge in [-0.25, -0.2) is 8.42 Å². The number of aryl methyl sites for hydroxylation is 5. The highest BCUT2D eigenvalue weighted by Gasteiger charge is 2.04. The maximum absolute atomic E-state index is 11.0. The second-order valence-electron chi connectivity index (χ2n) is 13.3. The van der Waals surface area contributed by atoms with Crippen molar-refractivity contribution < 1.29 is 26.6 Å². The SMILES string of the molecule is C.COS(=O)Nc1ccc(CCC#N)cc1.COS(=O)Nc1ccc(CCCN)cc1.N#CCCc1ccc(N)cc1.N#CCCc1ccc([N+](=O)[O-])cc1.O=[N+]([O-])c1ccc(CCBr)cc1. The van der Waals surface area contributed by atoms with E-state index in [1.807, 2.05) is 78.9 Å². The van der Waals surface area contributed by atoms with Crippen molar-refractivity contribution in [1.82, 2.24) is 0 Å². The molecule has 5 aromatic carbocycles. The van der Waals surface area contributed by atoms with E-state index in [1.54, 1.807) is 24.3 Å². The Labute approximate surface area is 407 Å². The van der Waals surface area contributed by atoms with Gasteiger partial charge in [0.1, 0.15) is 0 Å². The second kappa shape index (κ2) is 37.6. The Morgan fingerprint density at radius 1 is 0.567 bits per heavy atom. The molecule has 0 aliphatic carbocycles. The molecule has 17 nitrogen and oxygen atoms in total.